The van der Waals surface area contributed by atoms with Crippen LogP contribution in [0, 0.1) is 21.4 Å². The third kappa shape index (κ3) is 5.30. The Morgan fingerprint density at radius 1 is 1.00 bits per heavy atom. The molecule has 0 aliphatic heterocycles. The highest BCUT2D eigenvalue weighted by molar-refractivity contribution is 5.79. The molecule has 0 heterocycles. The number of non-ortho nitro benzene ring substituents is 1. The van der Waals surface area contributed by atoms with Gasteiger partial charge in [0.05, 0.1) is 28.2 Å². The van der Waals surface area contributed by atoms with E-state index in [9.17, 15) is 32.9 Å². The number of hydrogen-bond donors (Lipinski definition) is 2. The van der Waals surface area contributed by atoms with Gasteiger partial charge in [0.25, 0.3) is 16.5 Å². The first-order valence-electron chi connectivity index (χ1n) is 11.0. The van der Waals surface area contributed by atoms with Gasteiger partial charge in [-0.1, -0.05) is 0 Å². The standard InChI is InChI=1S/C24H19F3N4O5/c25-24(26,27)14-9-13(12-28)10-16(11-14)30-21-20(22(32)23(21)33)29-15-1-5-18(6-2-15)36-19-7-3-17(4-8-19)31(34)35/h3-4,7-11,15,18,29-30H,1-2,5-6H2. The lowest BCUT2D eigenvalue weighted by Crippen LogP contribution is -2.40. The molecule has 0 unspecified atom stereocenters. The third-order valence-corrected chi connectivity index (χ3v) is 5.94. The van der Waals surface area contributed by atoms with Crippen molar-refractivity contribution in [1.82, 2.24) is 0 Å². The van der Waals surface area contributed by atoms with E-state index < -0.39 is 27.5 Å². The molecule has 0 spiro atoms. The van der Waals surface area contributed by atoms with Gasteiger partial charge >= 0.3 is 6.18 Å². The summed E-state index contributed by atoms with van der Waals surface area (Å²) >= 11 is 0. The van der Waals surface area contributed by atoms with Crippen molar-refractivity contribution < 1.29 is 22.8 Å². The molecule has 0 amide bonds. The number of halogens is 3. The van der Waals surface area contributed by atoms with Crippen LogP contribution in [0.1, 0.15) is 36.8 Å². The number of nitro groups is 1. The first-order chi connectivity index (χ1) is 17.0. The fourth-order valence-electron chi connectivity index (χ4n) is 4.09. The fraction of sp³-hybridized carbons (Fsp3) is 0.292. The molecular weight excluding hydrogens is 481 g/mol. The van der Waals surface area contributed by atoms with Crippen LogP contribution in [0.5, 0.6) is 5.75 Å². The van der Waals surface area contributed by atoms with Crippen molar-refractivity contribution in [3.8, 4) is 11.8 Å². The van der Waals surface area contributed by atoms with E-state index in [4.69, 9.17) is 10.00 Å². The molecule has 0 aromatic heterocycles. The van der Waals surface area contributed by atoms with Gasteiger partial charge < -0.3 is 15.4 Å². The molecule has 12 heteroatoms. The van der Waals surface area contributed by atoms with E-state index in [1.54, 1.807) is 6.07 Å². The van der Waals surface area contributed by atoms with Gasteiger partial charge in [0.2, 0.25) is 0 Å². The average molecular weight is 500 g/mol. The third-order valence-electron chi connectivity index (χ3n) is 5.94. The molecule has 0 atom stereocenters. The number of anilines is 3. The van der Waals surface area contributed by atoms with Gasteiger partial charge in [-0.15, -0.1) is 0 Å². The van der Waals surface area contributed by atoms with E-state index in [2.05, 4.69) is 10.6 Å². The molecule has 36 heavy (non-hydrogen) atoms. The summed E-state index contributed by atoms with van der Waals surface area (Å²) in [4.78, 5) is 34.5. The summed E-state index contributed by atoms with van der Waals surface area (Å²) < 4.78 is 45.3. The quantitative estimate of drug-likeness (QED) is 0.273. The van der Waals surface area contributed by atoms with Crippen molar-refractivity contribution in [2.45, 2.75) is 44.0 Å². The van der Waals surface area contributed by atoms with Crippen LogP contribution in [-0.2, 0) is 6.18 Å². The monoisotopic (exact) mass is 500 g/mol. The Morgan fingerprint density at radius 3 is 2.22 bits per heavy atom. The van der Waals surface area contributed by atoms with Crippen molar-refractivity contribution in [3.05, 3.63) is 84.2 Å². The van der Waals surface area contributed by atoms with Crippen molar-refractivity contribution in [1.29, 1.82) is 5.26 Å². The highest BCUT2D eigenvalue weighted by Crippen LogP contribution is 2.34. The maximum Gasteiger partial charge on any atom is 0.416 e. The minimum Gasteiger partial charge on any atom is -0.490 e. The van der Waals surface area contributed by atoms with Gasteiger partial charge in [-0.25, -0.2) is 0 Å². The van der Waals surface area contributed by atoms with Crippen LogP contribution in [0.4, 0.5) is 35.9 Å². The molecule has 3 aromatic carbocycles. The largest absolute Gasteiger partial charge is 0.490 e. The molecule has 3 aromatic rings. The number of benzene rings is 2. The average Bonchev–Trinajstić information content (AvgIpc) is 2.86. The molecule has 1 saturated carbocycles. The van der Waals surface area contributed by atoms with E-state index >= 15 is 0 Å². The van der Waals surface area contributed by atoms with Gasteiger partial charge in [0.1, 0.15) is 17.1 Å². The first kappa shape index (κ1) is 24.7. The number of ether oxygens (including phenoxy) is 1. The predicted molar refractivity (Wildman–Crippen MR) is 124 cm³/mol. The SMILES string of the molecule is N#Cc1cc(Nc2c(NC3CCC(Oc4ccc([N+](=O)[O-])cc4)CC3)c(=O)c2=O)cc(C(F)(F)F)c1. The maximum absolute atomic E-state index is 13.1. The number of nitriles is 1. The number of nitrogens with zero attached hydrogens (tertiary/aromatic N) is 2. The molecule has 0 bridgehead atoms. The summed E-state index contributed by atoms with van der Waals surface area (Å²) in [5.41, 5.74) is -3.24. The fourth-order valence-corrected chi connectivity index (χ4v) is 4.09. The molecule has 0 saturated heterocycles. The second-order valence-electron chi connectivity index (χ2n) is 8.43. The zero-order chi connectivity index (χ0) is 26.0. The normalized spacial score (nSPS) is 17.8. The lowest BCUT2D eigenvalue weighted by atomic mass is 9.92. The Balaban J connectivity index is 1.39. The second kappa shape index (κ2) is 9.69. The number of nitro benzene ring substituents is 1. The van der Waals surface area contributed by atoms with Gasteiger partial charge in [-0.2, -0.15) is 18.4 Å². The van der Waals surface area contributed by atoms with E-state index in [-0.39, 0.29) is 40.5 Å². The smallest absolute Gasteiger partial charge is 0.416 e. The molecule has 1 fully saturated rings. The van der Waals surface area contributed by atoms with Crippen LogP contribution < -0.4 is 26.2 Å². The second-order valence-corrected chi connectivity index (χ2v) is 8.43. The van der Waals surface area contributed by atoms with Gasteiger partial charge in [-0.3, -0.25) is 19.7 Å². The van der Waals surface area contributed by atoms with Crippen molar-refractivity contribution >= 4 is 22.7 Å². The molecular formula is C24H19F3N4O5. The Hall–Kier alpha value is -4.40. The van der Waals surface area contributed by atoms with Crippen LogP contribution in [0.25, 0.3) is 0 Å². The Kier molecular flexibility index (Phi) is 6.65. The summed E-state index contributed by atoms with van der Waals surface area (Å²) in [6.07, 6.45) is -2.40. The van der Waals surface area contributed by atoms with Crippen LogP contribution in [0.15, 0.2) is 52.1 Å². The molecule has 1 aliphatic carbocycles. The summed E-state index contributed by atoms with van der Waals surface area (Å²) in [5, 5.41) is 25.4. The highest BCUT2D eigenvalue weighted by atomic mass is 19.4. The van der Waals surface area contributed by atoms with Crippen LogP contribution in [0.3, 0.4) is 0 Å². The summed E-state index contributed by atoms with van der Waals surface area (Å²) in [6, 6.07) is 9.87. The topological polar surface area (TPSA) is 134 Å². The zero-order valence-electron chi connectivity index (χ0n) is 18.6. The summed E-state index contributed by atoms with van der Waals surface area (Å²) in [6.45, 7) is 0. The summed E-state index contributed by atoms with van der Waals surface area (Å²) in [5.74, 6) is 0.504. The summed E-state index contributed by atoms with van der Waals surface area (Å²) in [7, 11) is 0. The Bertz CT molecular complexity index is 1400. The molecule has 2 N–H and O–H groups in total. The maximum atomic E-state index is 13.1. The molecule has 1 aliphatic rings. The lowest BCUT2D eigenvalue weighted by molar-refractivity contribution is -0.384. The minimum absolute atomic E-state index is 0.00402. The number of rotatable bonds is 7. The molecule has 0 radical (unpaired) electrons. The van der Waals surface area contributed by atoms with E-state index in [1.807, 2.05) is 0 Å². The molecule has 4 rings (SSSR count). The van der Waals surface area contributed by atoms with Crippen molar-refractivity contribution in [3.63, 3.8) is 0 Å². The number of alkyl halides is 3. The van der Waals surface area contributed by atoms with E-state index in [0.29, 0.717) is 37.5 Å². The van der Waals surface area contributed by atoms with Gasteiger partial charge in [0, 0.05) is 23.9 Å². The van der Waals surface area contributed by atoms with Crippen LogP contribution in [0.2, 0.25) is 0 Å². The Morgan fingerprint density at radius 2 is 1.64 bits per heavy atom. The number of nitrogens with one attached hydrogen (secondary N) is 2. The highest BCUT2D eigenvalue weighted by Gasteiger charge is 2.32. The van der Waals surface area contributed by atoms with Crippen molar-refractivity contribution in [2.75, 3.05) is 10.6 Å². The van der Waals surface area contributed by atoms with Gasteiger partial charge in [-0.05, 0) is 56.0 Å². The van der Waals surface area contributed by atoms with Crippen LogP contribution >= 0.6 is 0 Å². The van der Waals surface area contributed by atoms with E-state index in [1.165, 1.54) is 24.3 Å². The molecule has 9 nitrogen and oxygen atoms in total. The minimum atomic E-state index is -4.69. The Labute approximate surface area is 202 Å². The predicted octanol–water partition coefficient (Wildman–Crippen LogP) is 4.63. The van der Waals surface area contributed by atoms with Crippen molar-refractivity contribution in [2.24, 2.45) is 0 Å². The number of hydrogen-bond acceptors (Lipinski definition) is 8. The molecule has 186 valence electrons. The zero-order valence-corrected chi connectivity index (χ0v) is 18.6. The first-order valence-corrected chi connectivity index (χ1v) is 11.0. The van der Waals surface area contributed by atoms with Gasteiger partial charge in [0.15, 0.2) is 0 Å². The van der Waals surface area contributed by atoms with E-state index in [0.717, 1.165) is 12.1 Å². The van der Waals surface area contributed by atoms with Crippen LogP contribution in [-0.4, -0.2) is 17.1 Å². The lowest BCUT2D eigenvalue weighted by Gasteiger charge is -2.30.